The maximum atomic E-state index is 12.9. The lowest BCUT2D eigenvalue weighted by Crippen LogP contribution is -2.36. The van der Waals surface area contributed by atoms with Crippen molar-refractivity contribution in [3.63, 3.8) is 0 Å². The molecule has 0 N–H and O–H groups in total. The van der Waals surface area contributed by atoms with Gasteiger partial charge in [-0.25, -0.2) is 8.42 Å². The number of carbonyl (C=O) groups is 1. The second-order valence-electron chi connectivity index (χ2n) is 6.44. The highest BCUT2D eigenvalue weighted by atomic mass is 32.2. The van der Waals surface area contributed by atoms with Crippen LogP contribution in [0.25, 0.3) is 0 Å². The first-order chi connectivity index (χ1) is 10.3. The van der Waals surface area contributed by atoms with Crippen molar-refractivity contribution in [2.24, 2.45) is 11.8 Å². The quantitative estimate of drug-likeness (QED) is 0.805. The molecule has 0 spiro atoms. The summed E-state index contributed by atoms with van der Waals surface area (Å²) in [4.78, 5) is 12.5. The normalized spacial score (nSPS) is 28.8. The summed E-state index contributed by atoms with van der Waals surface area (Å²) < 4.78 is 27.4. The third kappa shape index (κ3) is 2.32. The average molecular weight is 319 g/mol. The molecule has 3 rings (SSSR count). The van der Waals surface area contributed by atoms with E-state index in [2.05, 4.69) is 6.58 Å². The number of Topliss-reactive ketones (excluding diaryl/α,β-unsaturated/α-hetero) is 1. The van der Waals surface area contributed by atoms with E-state index in [1.807, 2.05) is 13.8 Å². The van der Waals surface area contributed by atoms with Crippen LogP contribution in [0, 0.1) is 18.8 Å². The minimum absolute atomic E-state index is 0.0553. The fourth-order valence-electron chi connectivity index (χ4n) is 3.69. The zero-order valence-corrected chi connectivity index (χ0v) is 13.8. The van der Waals surface area contributed by atoms with E-state index in [0.717, 1.165) is 11.1 Å². The molecule has 1 saturated heterocycles. The van der Waals surface area contributed by atoms with Crippen LogP contribution < -0.4 is 0 Å². The van der Waals surface area contributed by atoms with E-state index < -0.39 is 10.0 Å². The highest BCUT2D eigenvalue weighted by Gasteiger charge is 2.53. The highest BCUT2D eigenvalue weighted by Crippen LogP contribution is 2.44. The fourth-order valence-corrected chi connectivity index (χ4v) is 5.39. The Morgan fingerprint density at radius 2 is 1.91 bits per heavy atom. The molecular weight excluding hydrogens is 298 g/mol. The Morgan fingerprint density at radius 1 is 1.27 bits per heavy atom. The molecule has 1 heterocycles. The van der Waals surface area contributed by atoms with Crippen LogP contribution in [0.4, 0.5) is 0 Å². The van der Waals surface area contributed by atoms with Gasteiger partial charge in [0.25, 0.3) is 0 Å². The van der Waals surface area contributed by atoms with E-state index >= 15 is 0 Å². The fraction of sp³-hybridized carbons (Fsp3) is 0.471. The van der Waals surface area contributed by atoms with Crippen LogP contribution in [0.3, 0.4) is 0 Å². The molecule has 2 aliphatic rings. The Balaban J connectivity index is 1.99. The summed E-state index contributed by atoms with van der Waals surface area (Å²) in [5.41, 5.74) is 1.92. The Bertz CT molecular complexity index is 721. The van der Waals surface area contributed by atoms with E-state index in [1.165, 1.54) is 4.31 Å². The molecule has 118 valence electrons. The van der Waals surface area contributed by atoms with Gasteiger partial charge in [0.15, 0.2) is 0 Å². The zero-order valence-electron chi connectivity index (χ0n) is 13.0. The number of ketones is 1. The van der Waals surface area contributed by atoms with Gasteiger partial charge in [-0.3, -0.25) is 4.79 Å². The largest absolute Gasteiger partial charge is 0.299 e. The van der Waals surface area contributed by atoms with Gasteiger partial charge in [0, 0.05) is 30.8 Å². The molecule has 1 aliphatic carbocycles. The summed E-state index contributed by atoms with van der Waals surface area (Å²) in [7, 11) is -3.56. The monoisotopic (exact) mass is 319 g/mol. The SMILES string of the molecule is C=C(C)[C@@H]1CN(S(=O)(=O)c2ccc(C)cc2)[C@H]2CCC(=O)[C@@H]12. The van der Waals surface area contributed by atoms with Gasteiger partial charge >= 0.3 is 0 Å². The van der Waals surface area contributed by atoms with Crippen molar-refractivity contribution in [3.8, 4) is 0 Å². The van der Waals surface area contributed by atoms with Crippen molar-refractivity contribution in [2.75, 3.05) is 6.54 Å². The molecule has 1 aliphatic heterocycles. The van der Waals surface area contributed by atoms with Crippen molar-refractivity contribution in [1.29, 1.82) is 0 Å². The van der Waals surface area contributed by atoms with Crippen molar-refractivity contribution >= 4 is 15.8 Å². The first kappa shape index (κ1) is 15.4. The number of hydrogen-bond acceptors (Lipinski definition) is 3. The van der Waals surface area contributed by atoms with E-state index in [1.54, 1.807) is 24.3 Å². The smallest absolute Gasteiger partial charge is 0.243 e. The molecule has 5 heteroatoms. The molecule has 22 heavy (non-hydrogen) atoms. The summed E-state index contributed by atoms with van der Waals surface area (Å²) >= 11 is 0. The highest BCUT2D eigenvalue weighted by molar-refractivity contribution is 7.89. The van der Waals surface area contributed by atoms with E-state index in [9.17, 15) is 13.2 Å². The number of hydrogen-bond donors (Lipinski definition) is 0. The molecule has 0 unspecified atom stereocenters. The van der Waals surface area contributed by atoms with Crippen molar-refractivity contribution in [1.82, 2.24) is 4.31 Å². The summed E-state index contributed by atoms with van der Waals surface area (Å²) in [6.07, 6.45) is 1.09. The van der Waals surface area contributed by atoms with Crippen LogP contribution in [0.2, 0.25) is 0 Å². The number of sulfonamides is 1. The number of carbonyl (C=O) groups excluding carboxylic acids is 1. The first-order valence-electron chi connectivity index (χ1n) is 7.59. The first-order valence-corrected chi connectivity index (χ1v) is 9.03. The summed E-state index contributed by atoms with van der Waals surface area (Å²) in [6.45, 7) is 8.14. The van der Waals surface area contributed by atoms with Crippen LogP contribution in [0.5, 0.6) is 0 Å². The van der Waals surface area contributed by atoms with Crippen LogP contribution >= 0.6 is 0 Å². The average Bonchev–Trinajstić information content (AvgIpc) is 3.01. The maximum Gasteiger partial charge on any atom is 0.243 e. The molecule has 0 bridgehead atoms. The van der Waals surface area contributed by atoms with E-state index in [4.69, 9.17) is 0 Å². The lowest BCUT2D eigenvalue weighted by atomic mass is 9.87. The number of fused-ring (bicyclic) bond motifs is 1. The molecule has 0 aromatic heterocycles. The molecule has 1 saturated carbocycles. The molecular formula is C17H21NO3S. The van der Waals surface area contributed by atoms with Gasteiger partial charge in [0.05, 0.1) is 4.90 Å². The summed E-state index contributed by atoms with van der Waals surface area (Å²) in [5, 5.41) is 0. The minimum Gasteiger partial charge on any atom is -0.299 e. The Kier molecular flexibility index (Phi) is 3.73. The second kappa shape index (κ2) is 5.32. The zero-order chi connectivity index (χ0) is 16.1. The Morgan fingerprint density at radius 3 is 2.50 bits per heavy atom. The molecule has 2 fully saturated rings. The van der Waals surface area contributed by atoms with Gasteiger partial charge in [-0.15, -0.1) is 0 Å². The molecule has 0 amide bonds. The van der Waals surface area contributed by atoms with E-state index in [0.29, 0.717) is 24.3 Å². The summed E-state index contributed by atoms with van der Waals surface area (Å²) in [6, 6.07) is 6.68. The second-order valence-corrected chi connectivity index (χ2v) is 8.33. The molecule has 0 radical (unpaired) electrons. The maximum absolute atomic E-state index is 12.9. The van der Waals surface area contributed by atoms with Crippen LogP contribution in [0.15, 0.2) is 41.3 Å². The molecule has 3 atom stereocenters. The third-order valence-corrected chi connectivity index (χ3v) is 6.82. The molecule has 1 aromatic carbocycles. The predicted molar refractivity (Wildman–Crippen MR) is 84.9 cm³/mol. The van der Waals surface area contributed by atoms with Crippen molar-refractivity contribution < 1.29 is 13.2 Å². The number of nitrogens with zero attached hydrogens (tertiary/aromatic N) is 1. The third-order valence-electron chi connectivity index (χ3n) is 4.91. The van der Waals surface area contributed by atoms with E-state index in [-0.39, 0.29) is 23.7 Å². The number of aryl methyl sites for hydroxylation is 1. The predicted octanol–water partition coefficient (Wildman–Crippen LogP) is 2.54. The number of rotatable bonds is 3. The molecule has 1 aromatic rings. The Labute approximate surface area is 131 Å². The van der Waals surface area contributed by atoms with Gasteiger partial charge in [0.1, 0.15) is 5.78 Å². The Hall–Kier alpha value is -1.46. The summed E-state index contributed by atoms with van der Waals surface area (Å²) in [5.74, 6) is -0.0856. The van der Waals surface area contributed by atoms with Gasteiger partial charge in [-0.1, -0.05) is 29.8 Å². The standard InChI is InChI=1S/C17H21NO3S/c1-11(2)14-10-18(15-8-9-16(19)17(14)15)22(20,21)13-6-4-12(3)5-7-13/h4-7,14-15,17H,1,8-10H2,2-3H3/t14-,15-,17-/m0/s1. The van der Waals surface area contributed by atoms with Crippen LogP contribution in [-0.2, 0) is 14.8 Å². The van der Waals surface area contributed by atoms with Gasteiger partial charge in [0.2, 0.25) is 10.0 Å². The minimum atomic E-state index is -3.56. The number of benzene rings is 1. The lowest BCUT2D eigenvalue weighted by Gasteiger charge is -2.22. The van der Waals surface area contributed by atoms with Crippen molar-refractivity contribution in [3.05, 3.63) is 42.0 Å². The van der Waals surface area contributed by atoms with Crippen LogP contribution in [0.1, 0.15) is 25.3 Å². The topological polar surface area (TPSA) is 54.5 Å². The van der Waals surface area contributed by atoms with Crippen molar-refractivity contribution in [2.45, 2.75) is 37.6 Å². The van der Waals surface area contributed by atoms with Gasteiger partial charge < -0.3 is 0 Å². The molecule has 4 nitrogen and oxygen atoms in total. The van der Waals surface area contributed by atoms with Gasteiger partial charge in [-0.05, 0) is 32.4 Å². The van der Waals surface area contributed by atoms with Crippen LogP contribution in [-0.4, -0.2) is 31.1 Å². The lowest BCUT2D eigenvalue weighted by molar-refractivity contribution is -0.121. The van der Waals surface area contributed by atoms with Gasteiger partial charge in [-0.2, -0.15) is 4.31 Å².